The Morgan fingerprint density at radius 1 is 1.41 bits per heavy atom. The highest BCUT2D eigenvalue weighted by molar-refractivity contribution is 5.76. The number of hydrogen-bond acceptors (Lipinski definition) is 2. The van der Waals surface area contributed by atoms with Crippen LogP contribution in [0.1, 0.15) is 18.4 Å². The number of nitrogens with zero attached hydrogens (tertiary/aromatic N) is 1. The summed E-state index contributed by atoms with van der Waals surface area (Å²) in [5, 5.41) is 0. The molecule has 1 amide bonds. The van der Waals surface area contributed by atoms with E-state index < -0.39 is 0 Å². The van der Waals surface area contributed by atoms with Gasteiger partial charge in [-0.15, -0.1) is 0 Å². The van der Waals surface area contributed by atoms with Crippen LogP contribution in [0.15, 0.2) is 30.3 Å². The summed E-state index contributed by atoms with van der Waals surface area (Å²) >= 11 is 0. The van der Waals surface area contributed by atoms with Crippen molar-refractivity contribution in [3.8, 4) is 0 Å². The molecule has 3 nitrogen and oxygen atoms in total. The van der Waals surface area contributed by atoms with Gasteiger partial charge in [0.05, 0.1) is 6.10 Å². The largest absolute Gasteiger partial charge is 0.380 e. The molecule has 1 aromatic rings. The standard InChI is InChI=1S/C14H19NO2/c1-17-13-9-10-15(11-13)14(16)8-7-12-5-3-2-4-6-12/h2-6,13H,7-11H2,1H3. The first kappa shape index (κ1) is 12.1. The Morgan fingerprint density at radius 3 is 2.82 bits per heavy atom. The lowest BCUT2D eigenvalue weighted by Gasteiger charge is -2.16. The van der Waals surface area contributed by atoms with Crippen molar-refractivity contribution < 1.29 is 9.53 Å². The lowest BCUT2D eigenvalue weighted by atomic mass is 10.1. The number of aryl methyl sites for hydroxylation is 1. The van der Waals surface area contributed by atoms with Gasteiger partial charge >= 0.3 is 0 Å². The number of methoxy groups -OCH3 is 1. The van der Waals surface area contributed by atoms with Gasteiger partial charge in [0.2, 0.25) is 5.91 Å². The van der Waals surface area contributed by atoms with E-state index in [9.17, 15) is 4.79 Å². The molecular weight excluding hydrogens is 214 g/mol. The highest BCUT2D eigenvalue weighted by atomic mass is 16.5. The zero-order chi connectivity index (χ0) is 12.1. The molecule has 92 valence electrons. The molecule has 1 fully saturated rings. The second-order valence-electron chi connectivity index (χ2n) is 4.47. The van der Waals surface area contributed by atoms with E-state index in [0.717, 1.165) is 25.9 Å². The molecule has 1 aromatic carbocycles. The van der Waals surface area contributed by atoms with Gasteiger partial charge in [-0.25, -0.2) is 0 Å². The number of carbonyl (C=O) groups excluding carboxylic acids is 1. The van der Waals surface area contributed by atoms with Crippen molar-refractivity contribution in [3.63, 3.8) is 0 Å². The van der Waals surface area contributed by atoms with Crippen LogP contribution in [0.5, 0.6) is 0 Å². The minimum atomic E-state index is 0.232. The van der Waals surface area contributed by atoms with Crippen LogP contribution in [0, 0.1) is 0 Å². The first-order chi connectivity index (χ1) is 8.29. The number of likely N-dealkylation sites (tertiary alicyclic amines) is 1. The normalized spacial score (nSPS) is 19.6. The molecule has 0 spiro atoms. The number of rotatable bonds is 4. The van der Waals surface area contributed by atoms with E-state index in [1.54, 1.807) is 7.11 Å². The molecule has 0 N–H and O–H groups in total. The highest BCUT2D eigenvalue weighted by Crippen LogP contribution is 2.14. The molecule has 0 aromatic heterocycles. The van der Waals surface area contributed by atoms with Crippen LogP contribution in [0.2, 0.25) is 0 Å². The molecule has 0 aliphatic carbocycles. The molecule has 1 saturated heterocycles. The summed E-state index contributed by atoms with van der Waals surface area (Å²) in [6, 6.07) is 10.1. The average Bonchev–Trinajstić information content (AvgIpc) is 2.86. The molecule has 1 heterocycles. The Balaban J connectivity index is 1.78. The van der Waals surface area contributed by atoms with Crippen LogP contribution >= 0.6 is 0 Å². The van der Waals surface area contributed by atoms with E-state index in [1.807, 2.05) is 23.1 Å². The average molecular weight is 233 g/mol. The zero-order valence-electron chi connectivity index (χ0n) is 10.3. The van der Waals surface area contributed by atoms with Gasteiger partial charge in [-0.05, 0) is 18.4 Å². The Kier molecular flexibility index (Phi) is 4.15. The number of benzene rings is 1. The summed E-state index contributed by atoms with van der Waals surface area (Å²) in [7, 11) is 1.71. The summed E-state index contributed by atoms with van der Waals surface area (Å²) in [4.78, 5) is 13.9. The summed E-state index contributed by atoms with van der Waals surface area (Å²) in [6.07, 6.45) is 2.62. The van der Waals surface area contributed by atoms with E-state index in [2.05, 4.69) is 12.1 Å². The van der Waals surface area contributed by atoms with Crippen molar-refractivity contribution in [2.45, 2.75) is 25.4 Å². The maximum atomic E-state index is 12.0. The summed E-state index contributed by atoms with van der Waals surface area (Å²) in [5.41, 5.74) is 1.23. The molecule has 17 heavy (non-hydrogen) atoms. The van der Waals surface area contributed by atoms with Crippen LogP contribution in [-0.2, 0) is 16.0 Å². The topological polar surface area (TPSA) is 29.5 Å². The Bertz CT molecular complexity index is 364. The van der Waals surface area contributed by atoms with Crippen molar-refractivity contribution in [2.75, 3.05) is 20.2 Å². The second-order valence-corrected chi connectivity index (χ2v) is 4.47. The zero-order valence-corrected chi connectivity index (χ0v) is 10.3. The molecule has 0 bridgehead atoms. The quantitative estimate of drug-likeness (QED) is 0.794. The molecule has 3 heteroatoms. The third-order valence-corrected chi connectivity index (χ3v) is 3.30. The van der Waals surface area contributed by atoms with Crippen LogP contribution in [-0.4, -0.2) is 37.1 Å². The predicted molar refractivity (Wildman–Crippen MR) is 66.8 cm³/mol. The van der Waals surface area contributed by atoms with Crippen molar-refractivity contribution in [3.05, 3.63) is 35.9 Å². The first-order valence-electron chi connectivity index (χ1n) is 6.14. The van der Waals surface area contributed by atoms with E-state index in [-0.39, 0.29) is 12.0 Å². The van der Waals surface area contributed by atoms with Crippen LogP contribution in [0.25, 0.3) is 0 Å². The summed E-state index contributed by atoms with van der Waals surface area (Å²) in [6.45, 7) is 1.59. The molecule has 1 aliphatic rings. The predicted octanol–water partition coefficient (Wildman–Crippen LogP) is 1.87. The second kappa shape index (κ2) is 5.82. The monoisotopic (exact) mass is 233 g/mol. The van der Waals surface area contributed by atoms with Gasteiger partial charge in [0.25, 0.3) is 0 Å². The van der Waals surface area contributed by atoms with Gasteiger partial charge < -0.3 is 9.64 Å². The minimum absolute atomic E-state index is 0.232. The van der Waals surface area contributed by atoms with Crippen LogP contribution < -0.4 is 0 Å². The fourth-order valence-electron chi connectivity index (χ4n) is 2.20. The maximum Gasteiger partial charge on any atom is 0.222 e. The number of ether oxygens (including phenoxy) is 1. The Labute approximate surface area is 102 Å². The fourth-order valence-corrected chi connectivity index (χ4v) is 2.20. The van der Waals surface area contributed by atoms with Gasteiger partial charge in [-0.3, -0.25) is 4.79 Å². The number of amides is 1. The summed E-state index contributed by atoms with van der Waals surface area (Å²) < 4.78 is 5.26. The minimum Gasteiger partial charge on any atom is -0.380 e. The van der Waals surface area contributed by atoms with Gasteiger partial charge in [0.1, 0.15) is 0 Å². The molecule has 2 rings (SSSR count). The summed E-state index contributed by atoms with van der Waals surface area (Å²) in [5.74, 6) is 0.244. The molecule has 1 atom stereocenters. The third kappa shape index (κ3) is 3.30. The van der Waals surface area contributed by atoms with E-state index >= 15 is 0 Å². The maximum absolute atomic E-state index is 12.0. The Hall–Kier alpha value is -1.35. The van der Waals surface area contributed by atoms with E-state index in [1.165, 1.54) is 5.56 Å². The lowest BCUT2D eigenvalue weighted by molar-refractivity contribution is -0.130. The van der Waals surface area contributed by atoms with Crippen LogP contribution in [0.3, 0.4) is 0 Å². The van der Waals surface area contributed by atoms with E-state index in [4.69, 9.17) is 4.74 Å². The number of carbonyl (C=O) groups is 1. The smallest absolute Gasteiger partial charge is 0.222 e. The van der Waals surface area contributed by atoms with Crippen LogP contribution in [0.4, 0.5) is 0 Å². The first-order valence-corrected chi connectivity index (χ1v) is 6.14. The fraction of sp³-hybridized carbons (Fsp3) is 0.500. The molecular formula is C14H19NO2. The van der Waals surface area contributed by atoms with Gasteiger partial charge in [-0.1, -0.05) is 30.3 Å². The third-order valence-electron chi connectivity index (χ3n) is 3.30. The number of hydrogen-bond donors (Lipinski definition) is 0. The van der Waals surface area contributed by atoms with Crippen molar-refractivity contribution in [1.82, 2.24) is 4.90 Å². The van der Waals surface area contributed by atoms with E-state index in [0.29, 0.717) is 6.42 Å². The molecule has 0 saturated carbocycles. The van der Waals surface area contributed by atoms with Gasteiger partial charge in [-0.2, -0.15) is 0 Å². The molecule has 1 unspecified atom stereocenters. The lowest BCUT2D eigenvalue weighted by Crippen LogP contribution is -2.30. The van der Waals surface area contributed by atoms with Crippen molar-refractivity contribution in [2.24, 2.45) is 0 Å². The Morgan fingerprint density at radius 2 is 2.18 bits per heavy atom. The van der Waals surface area contributed by atoms with Crippen molar-refractivity contribution in [1.29, 1.82) is 0 Å². The highest BCUT2D eigenvalue weighted by Gasteiger charge is 2.25. The molecule has 1 aliphatic heterocycles. The van der Waals surface area contributed by atoms with Gasteiger partial charge in [0, 0.05) is 26.6 Å². The van der Waals surface area contributed by atoms with Gasteiger partial charge in [0.15, 0.2) is 0 Å². The van der Waals surface area contributed by atoms with Crippen molar-refractivity contribution >= 4 is 5.91 Å². The SMILES string of the molecule is COC1CCN(C(=O)CCc2ccccc2)C1. The molecule has 0 radical (unpaired) electrons.